The minimum absolute atomic E-state index is 0.252. The van der Waals surface area contributed by atoms with Gasteiger partial charge in [0.15, 0.2) is 0 Å². The van der Waals surface area contributed by atoms with Crippen LogP contribution in [0.25, 0.3) is 0 Å². The first kappa shape index (κ1) is 23.4. The summed E-state index contributed by atoms with van der Waals surface area (Å²) in [6.45, 7) is 3.27. The number of carbonyl (C=O) groups excluding carboxylic acids is 3. The monoisotopic (exact) mass is 425 g/mol. The molecule has 2 aromatic rings. The van der Waals surface area contributed by atoms with E-state index in [4.69, 9.17) is 4.74 Å². The molecule has 0 aliphatic carbocycles. The van der Waals surface area contributed by atoms with Gasteiger partial charge in [-0.15, -0.1) is 11.8 Å². The number of hydrogen-bond donors (Lipinski definition) is 0. The summed E-state index contributed by atoms with van der Waals surface area (Å²) >= 11 is 1.64. The molecule has 5 nitrogen and oxygen atoms in total. The summed E-state index contributed by atoms with van der Waals surface area (Å²) in [5.41, 5.74) is 1.81. The Labute approximate surface area is 182 Å². The molecule has 0 spiro atoms. The highest BCUT2D eigenvalue weighted by atomic mass is 32.2. The molecule has 30 heavy (non-hydrogen) atoms. The van der Waals surface area contributed by atoms with E-state index in [9.17, 15) is 14.4 Å². The zero-order chi connectivity index (χ0) is 21.9. The van der Waals surface area contributed by atoms with Gasteiger partial charge in [-0.05, 0) is 37.1 Å². The number of ether oxygens (including phenoxy) is 1. The predicted molar refractivity (Wildman–Crippen MR) is 119 cm³/mol. The van der Waals surface area contributed by atoms with E-state index in [0.717, 1.165) is 16.0 Å². The minimum atomic E-state index is -0.846. The fraction of sp³-hybridized carbons (Fsp3) is 0.292. The maximum atomic E-state index is 12.9. The summed E-state index contributed by atoms with van der Waals surface area (Å²) in [5, 5.41) is 0. The van der Waals surface area contributed by atoms with Crippen LogP contribution in [-0.2, 0) is 25.5 Å². The Morgan fingerprint density at radius 2 is 1.60 bits per heavy atom. The van der Waals surface area contributed by atoms with E-state index in [1.807, 2.05) is 67.6 Å². The number of amides is 1. The van der Waals surface area contributed by atoms with E-state index >= 15 is 0 Å². The van der Waals surface area contributed by atoms with Gasteiger partial charge in [0.05, 0.1) is 13.5 Å². The lowest BCUT2D eigenvalue weighted by Crippen LogP contribution is -2.44. The standard InChI is InChI=1S/C24H27NO4S/c1-18(17-30-21-12-8-5-9-13-21)16-25(23(27)14-19(2)26)22(24(28)29-3)15-20-10-6-4-7-11-20/h4-13,16,22H,14-15,17H2,1-3H3/b18-16-. The van der Waals surface area contributed by atoms with Gasteiger partial charge in [0, 0.05) is 23.3 Å². The highest BCUT2D eigenvalue weighted by Crippen LogP contribution is 2.21. The summed E-state index contributed by atoms with van der Waals surface area (Å²) in [5.74, 6) is -0.543. The number of methoxy groups -OCH3 is 1. The molecule has 1 unspecified atom stereocenters. The van der Waals surface area contributed by atoms with Crippen LogP contribution in [0.15, 0.2) is 77.3 Å². The molecular formula is C24H27NO4S. The van der Waals surface area contributed by atoms with Crippen LogP contribution < -0.4 is 0 Å². The van der Waals surface area contributed by atoms with Crippen molar-refractivity contribution in [1.82, 2.24) is 4.90 Å². The molecule has 0 radical (unpaired) electrons. The quantitative estimate of drug-likeness (QED) is 0.323. The Balaban J connectivity index is 2.28. The molecule has 1 amide bonds. The van der Waals surface area contributed by atoms with Crippen molar-refractivity contribution in [3.05, 3.63) is 78.0 Å². The van der Waals surface area contributed by atoms with Gasteiger partial charge < -0.3 is 9.64 Å². The molecular weight excluding hydrogens is 398 g/mol. The number of ketones is 1. The molecule has 0 N–H and O–H groups in total. The van der Waals surface area contributed by atoms with Gasteiger partial charge in [0.2, 0.25) is 5.91 Å². The van der Waals surface area contributed by atoms with Crippen LogP contribution in [-0.4, -0.2) is 41.5 Å². The van der Waals surface area contributed by atoms with Gasteiger partial charge in [0.25, 0.3) is 0 Å². The normalized spacial score (nSPS) is 12.2. The second-order valence-corrected chi connectivity index (χ2v) is 8.03. The molecule has 158 valence electrons. The number of benzene rings is 2. The number of nitrogens with zero attached hydrogens (tertiary/aromatic N) is 1. The molecule has 0 heterocycles. The number of esters is 1. The van der Waals surface area contributed by atoms with E-state index in [0.29, 0.717) is 12.2 Å². The third-order valence-corrected chi connectivity index (χ3v) is 5.54. The fourth-order valence-electron chi connectivity index (χ4n) is 2.90. The molecule has 0 fully saturated rings. The smallest absolute Gasteiger partial charge is 0.329 e. The van der Waals surface area contributed by atoms with Crippen molar-refractivity contribution in [3.63, 3.8) is 0 Å². The van der Waals surface area contributed by atoms with Gasteiger partial charge in [0.1, 0.15) is 11.8 Å². The van der Waals surface area contributed by atoms with Gasteiger partial charge in [-0.25, -0.2) is 4.79 Å². The van der Waals surface area contributed by atoms with Crippen molar-refractivity contribution in [1.29, 1.82) is 0 Å². The number of Topliss-reactive ketones (excluding diaryl/α,β-unsaturated/α-hetero) is 1. The van der Waals surface area contributed by atoms with E-state index in [1.54, 1.807) is 18.0 Å². The molecule has 0 bridgehead atoms. The molecule has 0 saturated carbocycles. The van der Waals surface area contributed by atoms with Crippen molar-refractivity contribution in [2.45, 2.75) is 37.6 Å². The average molecular weight is 426 g/mol. The van der Waals surface area contributed by atoms with Crippen LogP contribution >= 0.6 is 11.8 Å². The summed E-state index contributed by atoms with van der Waals surface area (Å²) in [4.78, 5) is 39.5. The summed E-state index contributed by atoms with van der Waals surface area (Å²) in [6.07, 6.45) is 1.70. The molecule has 0 aromatic heterocycles. The SMILES string of the molecule is COC(=O)C(Cc1ccccc1)N(/C=C(/C)CSc1ccccc1)C(=O)CC(C)=O. The third-order valence-electron chi connectivity index (χ3n) is 4.34. The lowest BCUT2D eigenvalue weighted by Gasteiger charge is -2.28. The van der Waals surface area contributed by atoms with E-state index in [1.165, 1.54) is 18.9 Å². The van der Waals surface area contributed by atoms with Crippen molar-refractivity contribution < 1.29 is 19.1 Å². The van der Waals surface area contributed by atoms with Crippen LogP contribution in [0.5, 0.6) is 0 Å². The Morgan fingerprint density at radius 1 is 1.00 bits per heavy atom. The first-order chi connectivity index (χ1) is 14.4. The van der Waals surface area contributed by atoms with Crippen LogP contribution in [0.2, 0.25) is 0 Å². The van der Waals surface area contributed by atoms with Crippen LogP contribution in [0, 0.1) is 0 Å². The molecule has 0 saturated heterocycles. The Kier molecular flexibility index (Phi) is 9.35. The second-order valence-electron chi connectivity index (χ2n) is 6.99. The summed E-state index contributed by atoms with van der Waals surface area (Å²) < 4.78 is 4.98. The minimum Gasteiger partial charge on any atom is -0.467 e. The van der Waals surface area contributed by atoms with E-state index in [2.05, 4.69) is 0 Å². The number of thioether (sulfide) groups is 1. The zero-order valence-electron chi connectivity index (χ0n) is 17.5. The van der Waals surface area contributed by atoms with E-state index in [-0.39, 0.29) is 12.2 Å². The Bertz CT molecular complexity index is 881. The maximum Gasteiger partial charge on any atom is 0.329 e. The summed E-state index contributed by atoms with van der Waals surface area (Å²) in [7, 11) is 1.30. The van der Waals surface area contributed by atoms with Crippen LogP contribution in [0.4, 0.5) is 0 Å². The second kappa shape index (κ2) is 12.0. The van der Waals surface area contributed by atoms with Gasteiger partial charge >= 0.3 is 5.97 Å². The number of carbonyl (C=O) groups is 3. The third kappa shape index (κ3) is 7.52. The lowest BCUT2D eigenvalue weighted by molar-refractivity contribution is -0.151. The van der Waals surface area contributed by atoms with E-state index < -0.39 is 17.9 Å². The maximum absolute atomic E-state index is 12.9. The summed E-state index contributed by atoms with van der Waals surface area (Å²) in [6, 6.07) is 18.5. The molecule has 1 atom stereocenters. The lowest BCUT2D eigenvalue weighted by atomic mass is 10.0. The topological polar surface area (TPSA) is 63.7 Å². The number of hydrogen-bond acceptors (Lipinski definition) is 5. The molecule has 2 rings (SSSR count). The highest BCUT2D eigenvalue weighted by molar-refractivity contribution is 7.99. The van der Waals surface area contributed by atoms with Gasteiger partial charge in [-0.1, -0.05) is 48.5 Å². The molecule has 0 aliphatic heterocycles. The number of rotatable bonds is 10. The molecule has 6 heteroatoms. The van der Waals surface area contributed by atoms with Crippen molar-refractivity contribution >= 4 is 29.4 Å². The fourth-order valence-corrected chi connectivity index (χ4v) is 3.72. The Hall–Kier alpha value is -2.86. The van der Waals surface area contributed by atoms with Crippen molar-refractivity contribution in [2.75, 3.05) is 12.9 Å². The predicted octanol–water partition coefficient (Wildman–Crippen LogP) is 4.27. The average Bonchev–Trinajstić information content (AvgIpc) is 2.75. The first-order valence-electron chi connectivity index (χ1n) is 9.68. The van der Waals surface area contributed by atoms with Crippen molar-refractivity contribution in [2.24, 2.45) is 0 Å². The van der Waals surface area contributed by atoms with Crippen LogP contribution in [0.3, 0.4) is 0 Å². The van der Waals surface area contributed by atoms with Crippen molar-refractivity contribution in [3.8, 4) is 0 Å². The zero-order valence-corrected chi connectivity index (χ0v) is 18.4. The first-order valence-corrected chi connectivity index (χ1v) is 10.7. The van der Waals surface area contributed by atoms with Gasteiger partial charge in [-0.2, -0.15) is 0 Å². The van der Waals surface area contributed by atoms with Gasteiger partial charge in [-0.3, -0.25) is 9.59 Å². The molecule has 0 aliphatic rings. The highest BCUT2D eigenvalue weighted by Gasteiger charge is 2.30. The van der Waals surface area contributed by atoms with Crippen LogP contribution in [0.1, 0.15) is 25.8 Å². The molecule has 2 aromatic carbocycles. The largest absolute Gasteiger partial charge is 0.467 e. The Morgan fingerprint density at radius 3 is 2.17 bits per heavy atom.